The molecular weight excluding hydrogens is 329 g/mol. The zero-order valence-electron chi connectivity index (χ0n) is 13.3. The highest BCUT2D eigenvalue weighted by atomic mass is 19.4. The van der Waals surface area contributed by atoms with E-state index < -0.39 is 36.2 Å². The van der Waals surface area contributed by atoms with Crippen LogP contribution in [0, 0.1) is 0 Å². The second-order valence-corrected chi connectivity index (χ2v) is 5.92. The average molecular weight is 350 g/mol. The van der Waals surface area contributed by atoms with E-state index in [0.29, 0.717) is 6.20 Å². The number of alkyl halides is 3. The third-order valence-electron chi connectivity index (χ3n) is 3.64. The minimum Gasteiger partial charge on any atom is -0.389 e. The molecule has 136 valence electrons. The molecule has 1 fully saturated rings. The maximum atomic E-state index is 12.6. The number of ether oxygens (including phenoxy) is 1. The minimum atomic E-state index is -4.60. The molecule has 4 N–H and O–H groups in total. The topological polar surface area (TPSA) is 99.5 Å². The highest BCUT2D eigenvalue weighted by molar-refractivity contribution is 5.35. The van der Waals surface area contributed by atoms with Crippen LogP contribution in [0.2, 0.25) is 0 Å². The van der Waals surface area contributed by atoms with Crippen molar-refractivity contribution in [3.05, 3.63) is 18.1 Å². The Balaban J connectivity index is 1.99. The Morgan fingerprint density at radius 3 is 2.67 bits per heavy atom. The van der Waals surface area contributed by atoms with Crippen LogP contribution in [-0.2, 0) is 10.9 Å². The molecule has 0 amide bonds. The standard InChI is InChI=1S/C14H21F3N4O3/c1-7(2)24-6-9-13(23)12(22)8(3-19-9)20-11-5-18-4-10(21-11)14(15,16)17/h4-5,7-9,12-13,19,22-23H,3,6H2,1-2H3,(H,20,21)/t8-,9+,12+,13-/m0/s1. The fraction of sp³-hybridized carbons (Fsp3) is 0.714. The van der Waals surface area contributed by atoms with Crippen molar-refractivity contribution in [2.75, 3.05) is 18.5 Å². The molecule has 1 aliphatic rings. The number of rotatable bonds is 5. The van der Waals surface area contributed by atoms with E-state index in [9.17, 15) is 23.4 Å². The summed E-state index contributed by atoms with van der Waals surface area (Å²) < 4.78 is 43.3. The summed E-state index contributed by atoms with van der Waals surface area (Å²) in [6.07, 6.45) is -5.20. The summed E-state index contributed by atoms with van der Waals surface area (Å²) >= 11 is 0. The molecule has 2 heterocycles. The molecular formula is C14H21F3N4O3. The van der Waals surface area contributed by atoms with E-state index in [0.717, 1.165) is 6.20 Å². The number of aliphatic hydroxyl groups excluding tert-OH is 2. The first-order valence-electron chi connectivity index (χ1n) is 7.55. The van der Waals surface area contributed by atoms with E-state index in [4.69, 9.17) is 4.74 Å². The van der Waals surface area contributed by atoms with Gasteiger partial charge in [-0.25, -0.2) is 4.98 Å². The van der Waals surface area contributed by atoms with Gasteiger partial charge in [0, 0.05) is 6.54 Å². The SMILES string of the molecule is CC(C)OC[C@H]1NC[C@H](Nc2cncc(C(F)(F)F)n2)[C@@H](O)[C@H]1O. The minimum absolute atomic E-state index is 0.0209. The Morgan fingerprint density at radius 1 is 1.33 bits per heavy atom. The summed E-state index contributed by atoms with van der Waals surface area (Å²) in [7, 11) is 0. The highest BCUT2D eigenvalue weighted by Gasteiger charge is 2.38. The predicted octanol–water partition coefficient (Wildman–Crippen LogP) is 0.394. The van der Waals surface area contributed by atoms with Crippen LogP contribution in [0.5, 0.6) is 0 Å². The van der Waals surface area contributed by atoms with Crippen LogP contribution >= 0.6 is 0 Å². The second-order valence-electron chi connectivity index (χ2n) is 5.92. The van der Waals surface area contributed by atoms with E-state index in [2.05, 4.69) is 20.6 Å². The molecule has 1 aromatic heterocycles. The van der Waals surface area contributed by atoms with Gasteiger partial charge >= 0.3 is 6.18 Å². The number of aromatic nitrogens is 2. The van der Waals surface area contributed by atoms with Crippen LogP contribution in [0.1, 0.15) is 19.5 Å². The molecule has 0 spiro atoms. The van der Waals surface area contributed by atoms with E-state index in [1.165, 1.54) is 0 Å². The van der Waals surface area contributed by atoms with E-state index in [1.807, 2.05) is 13.8 Å². The van der Waals surface area contributed by atoms with Crippen molar-refractivity contribution in [2.45, 2.75) is 50.4 Å². The van der Waals surface area contributed by atoms with Gasteiger partial charge in [0.1, 0.15) is 11.9 Å². The zero-order chi connectivity index (χ0) is 17.9. The van der Waals surface area contributed by atoms with Gasteiger partial charge in [0.05, 0.1) is 43.3 Å². The fourth-order valence-electron chi connectivity index (χ4n) is 2.35. The van der Waals surface area contributed by atoms with Gasteiger partial charge in [-0.1, -0.05) is 0 Å². The van der Waals surface area contributed by atoms with Gasteiger partial charge in [-0.2, -0.15) is 13.2 Å². The van der Waals surface area contributed by atoms with Crippen molar-refractivity contribution in [3.8, 4) is 0 Å². The molecule has 0 unspecified atom stereocenters. The number of piperidine rings is 1. The van der Waals surface area contributed by atoms with Crippen molar-refractivity contribution in [1.82, 2.24) is 15.3 Å². The summed E-state index contributed by atoms with van der Waals surface area (Å²) in [4.78, 5) is 6.93. The number of hydrogen-bond donors (Lipinski definition) is 4. The third kappa shape index (κ3) is 4.76. The van der Waals surface area contributed by atoms with E-state index in [1.54, 1.807) is 0 Å². The fourth-order valence-corrected chi connectivity index (χ4v) is 2.35. The van der Waals surface area contributed by atoms with Crippen LogP contribution in [-0.4, -0.2) is 63.7 Å². The van der Waals surface area contributed by atoms with Crippen molar-refractivity contribution in [2.24, 2.45) is 0 Å². The average Bonchev–Trinajstić information content (AvgIpc) is 2.50. The number of hydrogen-bond acceptors (Lipinski definition) is 7. The molecule has 1 aliphatic heterocycles. The number of aliphatic hydroxyl groups is 2. The lowest BCUT2D eigenvalue weighted by atomic mass is 9.94. The molecule has 4 atom stereocenters. The molecule has 24 heavy (non-hydrogen) atoms. The van der Waals surface area contributed by atoms with Crippen LogP contribution in [0.15, 0.2) is 12.4 Å². The predicted molar refractivity (Wildman–Crippen MR) is 79.3 cm³/mol. The first kappa shape index (κ1) is 18.8. The van der Waals surface area contributed by atoms with Crippen molar-refractivity contribution >= 4 is 5.82 Å². The van der Waals surface area contributed by atoms with Crippen LogP contribution in [0.4, 0.5) is 19.0 Å². The van der Waals surface area contributed by atoms with Crippen molar-refractivity contribution in [3.63, 3.8) is 0 Å². The molecule has 1 saturated heterocycles. The Morgan fingerprint density at radius 2 is 2.04 bits per heavy atom. The smallest absolute Gasteiger partial charge is 0.389 e. The largest absolute Gasteiger partial charge is 0.434 e. The number of anilines is 1. The molecule has 10 heteroatoms. The maximum absolute atomic E-state index is 12.6. The van der Waals surface area contributed by atoms with Gasteiger partial charge in [-0.05, 0) is 13.8 Å². The lowest BCUT2D eigenvalue weighted by molar-refractivity contribution is -0.141. The molecule has 0 bridgehead atoms. The number of nitrogens with one attached hydrogen (secondary N) is 2. The van der Waals surface area contributed by atoms with Crippen LogP contribution < -0.4 is 10.6 Å². The highest BCUT2D eigenvalue weighted by Crippen LogP contribution is 2.27. The van der Waals surface area contributed by atoms with E-state index in [-0.39, 0.29) is 25.1 Å². The molecule has 0 aliphatic carbocycles. The quantitative estimate of drug-likeness (QED) is 0.610. The first-order chi connectivity index (χ1) is 11.2. The molecule has 7 nitrogen and oxygen atoms in total. The van der Waals surface area contributed by atoms with Crippen LogP contribution in [0.25, 0.3) is 0 Å². The lowest BCUT2D eigenvalue weighted by Crippen LogP contribution is -2.63. The molecule has 0 aromatic carbocycles. The van der Waals surface area contributed by atoms with Gasteiger partial charge in [-0.15, -0.1) is 0 Å². The Bertz CT molecular complexity index is 544. The van der Waals surface area contributed by atoms with Crippen molar-refractivity contribution in [1.29, 1.82) is 0 Å². The van der Waals surface area contributed by atoms with Gasteiger partial charge in [-0.3, -0.25) is 4.98 Å². The summed E-state index contributed by atoms with van der Waals surface area (Å²) in [5.41, 5.74) is -1.13. The summed E-state index contributed by atoms with van der Waals surface area (Å²) in [6, 6.07) is -1.18. The molecule has 0 radical (unpaired) electrons. The Kier molecular flexibility index (Phi) is 5.97. The lowest BCUT2D eigenvalue weighted by Gasteiger charge is -2.39. The van der Waals surface area contributed by atoms with Crippen molar-refractivity contribution < 1.29 is 28.1 Å². The van der Waals surface area contributed by atoms with E-state index >= 15 is 0 Å². The normalized spacial score (nSPS) is 28.2. The number of nitrogens with zero attached hydrogens (tertiary/aromatic N) is 2. The molecule has 2 rings (SSSR count). The molecule has 1 aromatic rings. The van der Waals surface area contributed by atoms with Gasteiger partial charge in [0.15, 0.2) is 5.69 Å². The van der Waals surface area contributed by atoms with Gasteiger partial charge in [0.2, 0.25) is 0 Å². The Labute approximate surface area is 137 Å². The zero-order valence-corrected chi connectivity index (χ0v) is 13.3. The van der Waals surface area contributed by atoms with Gasteiger partial charge < -0.3 is 25.6 Å². The Hall–Kier alpha value is -1.49. The summed E-state index contributed by atoms with van der Waals surface area (Å²) in [6.45, 7) is 4.14. The third-order valence-corrected chi connectivity index (χ3v) is 3.64. The first-order valence-corrected chi connectivity index (χ1v) is 7.55. The van der Waals surface area contributed by atoms with Crippen LogP contribution in [0.3, 0.4) is 0 Å². The van der Waals surface area contributed by atoms with Gasteiger partial charge in [0.25, 0.3) is 0 Å². The molecule has 0 saturated carbocycles. The summed E-state index contributed by atoms with van der Waals surface area (Å²) in [5.74, 6) is -0.125. The number of halogens is 3. The second kappa shape index (κ2) is 7.60. The maximum Gasteiger partial charge on any atom is 0.434 e. The monoisotopic (exact) mass is 350 g/mol. The summed E-state index contributed by atoms with van der Waals surface area (Å²) in [5, 5.41) is 26.0.